The van der Waals surface area contributed by atoms with Gasteiger partial charge in [0.2, 0.25) is 0 Å². The van der Waals surface area contributed by atoms with E-state index in [2.05, 4.69) is 16.6 Å². The molecule has 0 fully saturated rings. The van der Waals surface area contributed by atoms with Crippen LogP contribution < -0.4 is 5.56 Å². The molecule has 6 nitrogen and oxygen atoms in total. The highest BCUT2D eigenvalue weighted by Gasteiger charge is 2.18. The van der Waals surface area contributed by atoms with Gasteiger partial charge in [0.25, 0.3) is 5.56 Å². The lowest BCUT2D eigenvalue weighted by Crippen LogP contribution is -2.30. The average Bonchev–Trinajstić information content (AvgIpc) is 2.82. The molecule has 2 heterocycles. The number of ketones is 1. The fourth-order valence-corrected chi connectivity index (χ4v) is 2.88. The van der Waals surface area contributed by atoms with Crippen molar-refractivity contribution in [3.63, 3.8) is 0 Å². The second-order valence-corrected chi connectivity index (χ2v) is 6.02. The Labute approximate surface area is 141 Å². The van der Waals surface area contributed by atoms with E-state index in [0.29, 0.717) is 16.8 Å². The summed E-state index contributed by atoms with van der Waals surface area (Å²) in [6, 6.07) is 3.76. The highest BCUT2D eigenvalue weighted by Crippen LogP contribution is 2.17. The molecule has 0 saturated heterocycles. The van der Waals surface area contributed by atoms with Crippen LogP contribution in [0.15, 0.2) is 10.9 Å². The minimum Gasteiger partial charge on any atom is -0.348 e. The molecule has 6 heteroatoms. The van der Waals surface area contributed by atoms with E-state index in [1.165, 1.54) is 0 Å². The summed E-state index contributed by atoms with van der Waals surface area (Å²) in [4.78, 5) is 25.0. The van der Waals surface area contributed by atoms with Crippen LogP contribution in [0.5, 0.6) is 0 Å². The molecule has 0 aromatic carbocycles. The van der Waals surface area contributed by atoms with Crippen LogP contribution in [0.25, 0.3) is 0 Å². The van der Waals surface area contributed by atoms with Crippen LogP contribution in [0.3, 0.4) is 0 Å². The summed E-state index contributed by atoms with van der Waals surface area (Å²) in [7, 11) is 0. The second kappa shape index (κ2) is 6.83. The van der Waals surface area contributed by atoms with Crippen molar-refractivity contribution in [2.75, 3.05) is 0 Å². The summed E-state index contributed by atoms with van der Waals surface area (Å²) in [5, 5.41) is 13.3. The van der Waals surface area contributed by atoms with Crippen LogP contribution in [-0.2, 0) is 13.1 Å². The van der Waals surface area contributed by atoms with Gasteiger partial charge < -0.3 is 4.57 Å². The molecule has 0 saturated carbocycles. The van der Waals surface area contributed by atoms with E-state index < -0.39 is 5.56 Å². The normalized spacial score (nSPS) is 10.7. The lowest BCUT2D eigenvalue weighted by atomic mass is 10.1. The molecule has 0 radical (unpaired) electrons. The Hall–Kier alpha value is -2.68. The van der Waals surface area contributed by atoms with Crippen LogP contribution >= 0.6 is 0 Å². The molecule has 126 valence electrons. The number of nitriles is 1. The Morgan fingerprint density at radius 3 is 2.54 bits per heavy atom. The number of hydrogen-bond donors (Lipinski definition) is 0. The third-order valence-corrected chi connectivity index (χ3v) is 4.36. The largest absolute Gasteiger partial charge is 0.348 e. The average molecular weight is 326 g/mol. The van der Waals surface area contributed by atoms with E-state index in [0.717, 1.165) is 29.0 Å². The van der Waals surface area contributed by atoms with Crippen LogP contribution in [0.2, 0.25) is 0 Å². The summed E-state index contributed by atoms with van der Waals surface area (Å²) in [5.41, 5.74) is 3.20. The van der Waals surface area contributed by atoms with Crippen molar-refractivity contribution in [1.82, 2.24) is 14.3 Å². The number of carbonyl (C=O) groups is 1. The number of aryl methyl sites for hydroxylation is 2. The van der Waals surface area contributed by atoms with Crippen molar-refractivity contribution in [2.45, 2.75) is 54.1 Å². The molecule has 24 heavy (non-hydrogen) atoms. The zero-order valence-electron chi connectivity index (χ0n) is 14.8. The minimum atomic E-state index is -0.517. The summed E-state index contributed by atoms with van der Waals surface area (Å²) < 4.78 is 3.19. The molecule has 0 aliphatic heterocycles. The fraction of sp³-hybridized carbons (Fsp3) is 0.444. The van der Waals surface area contributed by atoms with Gasteiger partial charge in [-0.05, 0) is 45.7 Å². The first-order chi connectivity index (χ1) is 11.3. The van der Waals surface area contributed by atoms with E-state index in [9.17, 15) is 9.59 Å². The van der Waals surface area contributed by atoms with Gasteiger partial charge in [-0.2, -0.15) is 10.4 Å². The van der Waals surface area contributed by atoms with Gasteiger partial charge in [-0.3, -0.25) is 9.59 Å². The molecule has 2 aromatic rings. The standard InChI is InChI=1S/C18H22N4O2/c1-6-7-21-11(2)8-15(14(21)5)17(23)10-22-18(24)16(9-19)12(3)13(4)20-22/h8H,6-7,10H2,1-5H3. The molecule has 0 spiro atoms. The van der Waals surface area contributed by atoms with Crippen molar-refractivity contribution >= 4 is 5.78 Å². The van der Waals surface area contributed by atoms with Crippen molar-refractivity contribution < 1.29 is 4.79 Å². The molecule has 0 atom stereocenters. The van der Waals surface area contributed by atoms with E-state index >= 15 is 0 Å². The van der Waals surface area contributed by atoms with Gasteiger partial charge in [-0.1, -0.05) is 6.92 Å². The summed E-state index contributed by atoms with van der Waals surface area (Å²) in [6.45, 7) is 10.1. The zero-order valence-corrected chi connectivity index (χ0v) is 14.8. The number of aromatic nitrogens is 3. The number of nitrogens with zero attached hydrogens (tertiary/aromatic N) is 4. The van der Waals surface area contributed by atoms with Crippen LogP contribution in [-0.4, -0.2) is 20.1 Å². The molecule has 0 aliphatic rings. The van der Waals surface area contributed by atoms with Crippen LogP contribution in [0.1, 0.15) is 51.9 Å². The van der Waals surface area contributed by atoms with E-state index in [4.69, 9.17) is 5.26 Å². The van der Waals surface area contributed by atoms with E-state index in [-0.39, 0.29) is 17.9 Å². The summed E-state index contributed by atoms with van der Waals surface area (Å²) in [6.07, 6.45) is 0.980. The molecule has 0 N–H and O–H groups in total. The molecule has 2 rings (SSSR count). The predicted molar refractivity (Wildman–Crippen MR) is 91.2 cm³/mol. The van der Waals surface area contributed by atoms with Gasteiger partial charge in [0.1, 0.15) is 18.2 Å². The Balaban J connectivity index is 2.42. The maximum Gasteiger partial charge on any atom is 0.285 e. The molecular formula is C18H22N4O2. The smallest absolute Gasteiger partial charge is 0.285 e. The molecule has 0 amide bonds. The zero-order chi connectivity index (χ0) is 18.0. The Morgan fingerprint density at radius 1 is 1.29 bits per heavy atom. The second-order valence-electron chi connectivity index (χ2n) is 6.02. The van der Waals surface area contributed by atoms with Gasteiger partial charge in [0.15, 0.2) is 5.78 Å². The van der Waals surface area contributed by atoms with Gasteiger partial charge in [0.05, 0.1) is 5.69 Å². The molecule has 0 unspecified atom stereocenters. The van der Waals surface area contributed by atoms with Gasteiger partial charge in [0, 0.05) is 23.5 Å². The van der Waals surface area contributed by atoms with Crippen molar-refractivity contribution in [1.29, 1.82) is 5.26 Å². The van der Waals surface area contributed by atoms with E-state index in [1.54, 1.807) is 13.8 Å². The first kappa shape index (κ1) is 17.7. The van der Waals surface area contributed by atoms with Gasteiger partial charge >= 0.3 is 0 Å². The monoisotopic (exact) mass is 326 g/mol. The maximum absolute atomic E-state index is 12.7. The number of rotatable bonds is 5. The molecule has 0 aliphatic carbocycles. The third-order valence-electron chi connectivity index (χ3n) is 4.36. The van der Waals surface area contributed by atoms with Gasteiger partial charge in [-0.25, -0.2) is 4.68 Å². The molecule has 2 aromatic heterocycles. The van der Waals surface area contributed by atoms with Crippen molar-refractivity contribution in [2.24, 2.45) is 0 Å². The lowest BCUT2D eigenvalue weighted by molar-refractivity contribution is 0.0964. The lowest BCUT2D eigenvalue weighted by Gasteiger charge is -2.09. The third kappa shape index (κ3) is 3.02. The maximum atomic E-state index is 12.7. The van der Waals surface area contributed by atoms with E-state index in [1.807, 2.05) is 26.0 Å². The highest BCUT2D eigenvalue weighted by atomic mass is 16.1. The molecule has 0 bridgehead atoms. The Morgan fingerprint density at radius 2 is 1.96 bits per heavy atom. The predicted octanol–water partition coefficient (Wildman–Crippen LogP) is 2.44. The summed E-state index contributed by atoms with van der Waals surface area (Å²) in [5.74, 6) is -0.174. The SMILES string of the molecule is CCCn1c(C)cc(C(=O)Cn2nc(C)c(C)c(C#N)c2=O)c1C. The Kier molecular flexibility index (Phi) is 5.03. The number of carbonyl (C=O) groups excluding carboxylic acids is 1. The first-order valence-electron chi connectivity index (χ1n) is 8.00. The van der Waals surface area contributed by atoms with Crippen LogP contribution in [0.4, 0.5) is 0 Å². The fourth-order valence-electron chi connectivity index (χ4n) is 2.88. The highest BCUT2D eigenvalue weighted by molar-refractivity contribution is 5.97. The van der Waals surface area contributed by atoms with Crippen molar-refractivity contribution in [3.05, 3.63) is 50.2 Å². The van der Waals surface area contributed by atoms with Gasteiger partial charge in [-0.15, -0.1) is 0 Å². The summed E-state index contributed by atoms with van der Waals surface area (Å²) >= 11 is 0. The molecular weight excluding hydrogens is 304 g/mol. The quantitative estimate of drug-likeness (QED) is 0.790. The topological polar surface area (TPSA) is 80.7 Å². The van der Waals surface area contributed by atoms with Crippen molar-refractivity contribution in [3.8, 4) is 6.07 Å². The van der Waals surface area contributed by atoms with Crippen LogP contribution in [0, 0.1) is 39.0 Å². The first-order valence-corrected chi connectivity index (χ1v) is 8.00. The minimum absolute atomic E-state index is 0.0479. The Bertz CT molecular complexity index is 897. The number of Topliss-reactive ketones (excluding diaryl/α,β-unsaturated/α-hetero) is 1. The number of hydrogen-bond acceptors (Lipinski definition) is 4.